The third-order valence-corrected chi connectivity index (χ3v) is 6.39. The van der Waals surface area contributed by atoms with Gasteiger partial charge in [0.25, 0.3) is 11.9 Å². The number of nitrogens with two attached hydrogens (primary N) is 1. The van der Waals surface area contributed by atoms with Crippen molar-refractivity contribution >= 4 is 34.1 Å². The van der Waals surface area contributed by atoms with Crippen LogP contribution in [0.2, 0.25) is 0 Å². The minimum absolute atomic E-state index is 0.0720. The lowest BCUT2D eigenvalue weighted by Crippen LogP contribution is -2.43. The highest BCUT2D eigenvalue weighted by molar-refractivity contribution is 6.49. The molecule has 1 aliphatic heterocycles. The van der Waals surface area contributed by atoms with Crippen LogP contribution in [0.3, 0.4) is 0 Å². The minimum Gasteiger partial charge on any atom is -0.478 e. The average molecular weight is 443 g/mol. The minimum atomic E-state index is -1.83. The average Bonchev–Trinajstić information content (AvgIpc) is 3.02. The largest absolute Gasteiger partial charge is 0.478 e. The smallest absolute Gasteiger partial charge is 0.353 e. The number of Topliss-reactive ketones (excluding diaryl/α,β-unsaturated/α-hetero) is 2. The topological polar surface area (TPSA) is 112 Å². The fourth-order valence-corrected chi connectivity index (χ4v) is 4.50. The van der Waals surface area contributed by atoms with Gasteiger partial charge in [0, 0.05) is 12.2 Å². The number of aliphatic carboxylic acids is 1. The van der Waals surface area contributed by atoms with Crippen molar-refractivity contribution in [3.8, 4) is 5.75 Å². The summed E-state index contributed by atoms with van der Waals surface area (Å²) >= 11 is 0. The van der Waals surface area contributed by atoms with Crippen LogP contribution in [0.5, 0.6) is 5.75 Å². The van der Waals surface area contributed by atoms with Gasteiger partial charge in [-0.1, -0.05) is 64.7 Å². The third-order valence-electron chi connectivity index (χ3n) is 6.39. The summed E-state index contributed by atoms with van der Waals surface area (Å²) in [6.45, 7) is 4.92. The number of hydrogen-bond donors (Lipinski definition) is 2. The maximum absolute atomic E-state index is 12.4. The molecule has 1 aliphatic rings. The zero-order valence-corrected chi connectivity index (χ0v) is 19.1. The molecule has 1 unspecified atom stereocenters. The fraction of sp³-hybridized carbons (Fsp3) is 0.560. The molecule has 32 heavy (non-hydrogen) atoms. The van der Waals surface area contributed by atoms with Gasteiger partial charge < -0.3 is 20.1 Å². The number of benzene rings is 1. The summed E-state index contributed by atoms with van der Waals surface area (Å²) in [6, 6.07) is 3.30. The van der Waals surface area contributed by atoms with Crippen LogP contribution < -0.4 is 10.5 Å². The van der Waals surface area contributed by atoms with Gasteiger partial charge in [0.05, 0.1) is 22.2 Å². The van der Waals surface area contributed by atoms with E-state index in [0.717, 1.165) is 30.6 Å². The lowest BCUT2D eigenvalue weighted by atomic mass is 9.97. The monoisotopic (exact) mass is 442 g/mol. The summed E-state index contributed by atoms with van der Waals surface area (Å²) in [7, 11) is 0. The van der Waals surface area contributed by atoms with Crippen molar-refractivity contribution in [2.45, 2.75) is 90.7 Å². The number of hydrogen-bond acceptors (Lipinski definition) is 5. The van der Waals surface area contributed by atoms with Crippen molar-refractivity contribution < 1.29 is 24.2 Å². The first-order chi connectivity index (χ1) is 15.4. The zero-order chi connectivity index (χ0) is 23.3. The van der Waals surface area contributed by atoms with Crippen LogP contribution in [-0.4, -0.2) is 33.3 Å². The summed E-state index contributed by atoms with van der Waals surface area (Å²) in [5.74, 6) is -3.29. The molecule has 0 saturated carbocycles. The van der Waals surface area contributed by atoms with Gasteiger partial charge in [-0.25, -0.2) is 4.79 Å². The Bertz CT molecular complexity index is 1010. The molecule has 0 radical (unpaired) electrons. The Morgan fingerprint density at radius 3 is 2.22 bits per heavy atom. The molecule has 174 valence electrons. The summed E-state index contributed by atoms with van der Waals surface area (Å²) < 4.78 is 7.57. The second-order valence-corrected chi connectivity index (χ2v) is 8.70. The molecule has 0 amide bonds. The van der Waals surface area contributed by atoms with Gasteiger partial charge in [0.1, 0.15) is 5.75 Å². The molecule has 0 fully saturated rings. The van der Waals surface area contributed by atoms with Crippen molar-refractivity contribution in [1.29, 1.82) is 0 Å². The summed E-state index contributed by atoms with van der Waals surface area (Å²) in [4.78, 5) is 35.8. The molecule has 1 aromatic heterocycles. The molecule has 3 N–H and O–H groups in total. The van der Waals surface area contributed by atoms with Gasteiger partial charge in [-0.05, 0) is 25.5 Å². The molecule has 2 aromatic rings. The number of carboxylic acid groups (broad SMARTS) is 1. The zero-order valence-electron chi connectivity index (χ0n) is 19.1. The van der Waals surface area contributed by atoms with Crippen molar-refractivity contribution in [2.75, 3.05) is 5.73 Å². The number of carbonyl (C=O) groups excluding carboxylic acids is 2. The third kappa shape index (κ3) is 4.81. The highest BCUT2D eigenvalue weighted by Crippen LogP contribution is 2.40. The first-order valence-electron chi connectivity index (χ1n) is 11.8. The maximum Gasteiger partial charge on any atom is 0.353 e. The fourth-order valence-electron chi connectivity index (χ4n) is 4.50. The Balaban J connectivity index is 1.67. The van der Waals surface area contributed by atoms with Gasteiger partial charge >= 0.3 is 5.97 Å². The van der Waals surface area contributed by atoms with Gasteiger partial charge in [-0.2, -0.15) is 0 Å². The van der Waals surface area contributed by atoms with E-state index in [1.807, 2.05) is 6.92 Å². The van der Waals surface area contributed by atoms with Crippen molar-refractivity contribution in [1.82, 2.24) is 4.57 Å². The normalized spacial score (nSPS) is 15.8. The molecular weight excluding hydrogens is 408 g/mol. The second-order valence-electron chi connectivity index (χ2n) is 8.70. The van der Waals surface area contributed by atoms with Crippen LogP contribution in [0.4, 0.5) is 5.69 Å². The van der Waals surface area contributed by atoms with Gasteiger partial charge in [0.15, 0.2) is 0 Å². The Morgan fingerprint density at radius 2 is 1.62 bits per heavy atom. The van der Waals surface area contributed by atoms with E-state index >= 15 is 0 Å². The highest BCUT2D eigenvalue weighted by Gasteiger charge is 2.41. The van der Waals surface area contributed by atoms with Gasteiger partial charge in [0.2, 0.25) is 5.78 Å². The summed E-state index contributed by atoms with van der Waals surface area (Å²) in [6.07, 6.45) is 10.7. The van der Waals surface area contributed by atoms with E-state index in [1.54, 1.807) is 6.07 Å². The number of carboxylic acids is 1. The summed E-state index contributed by atoms with van der Waals surface area (Å²) in [5.41, 5.74) is 8.51. The number of fused-ring (bicyclic) bond motifs is 3. The molecule has 0 aliphatic carbocycles. The molecule has 3 rings (SSSR count). The summed E-state index contributed by atoms with van der Waals surface area (Å²) in [5, 5.41) is 9.79. The van der Waals surface area contributed by atoms with E-state index in [-0.39, 0.29) is 11.3 Å². The van der Waals surface area contributed by atoms with Crippen molar-refractivity contribution in [3.63, 3.8) is 0 Å². The number of carbonyl (C=O) groups is 3. The van der Waals surface area contributed by atoms with Crippen molar-refractivity contribution in [2.24, 2.45) is 0 Å². The van der Waals surface area contributed by atoms with Crippen LogP contribution in [-0.2, 0) is 16.1 Å². The van der Waals surface area contributed by atoms with Crippen LogP contribution in [0, 0.1) is 6.92 Å². The van der Waals surface area contributed by atoms with Gasteiger partial charge in [-0.3, -0.25) is 9.59 Å². The Morgan fingerprint density at radius 1 is 1.03 bits per heavy atom. The second kappa shape index (κ2) is 10.7. The molecule has 7 nitrogen and oxygen atoms in total. The number of aromatic nitrogens is 1. The lowest BCUT2D eigenvalue weighted by Gasteiger charge is -2.22. The molecule has 2 heterocycles. The molecule has 0 bridgehead atoms. The number of unbranched alkanes of at least 4 members (excludes halogenated alkanes) is 9. The van der Waals surface area contributed by atoms with E-state index in [2.05, 4.69) is 11.5 Å². The van der Waals surface area contributed by atoms with Crippen LogP contribution in [0.15, 0.2) is 12.1 Å². The van der Waals surface area contributed by atoms with E-state index < -0.39 is 23.6 Å². The maximum atomic E-state index is 12.4. The van der Waals surface area contributed by atoms with E-state index in [0.29, 0.717) is 11.1 Å². The van der Waals surface area contributed by atoms with E-state index in [9.17, 15) is 19.5 Å². The number of ether oxygens (including phenoxy) is 1. The Hall–Kier alpha value is -2.83. The first-order valence-corrected chi connectivity index (χ1v) is 11.8. The highest BCUT2D eigenvalue weighted by atomic mass is 16.5. The molecule has 0 saturated heterocycles. The quantitative estimate of drug-likeness (QED) is 0.270. The van der Waals surface area contributed by atoms with E-state index in [4.69, 9.17) is 10.5 Å². The number of aryl methyl sites for hydroxylation is 1. The predicted octanol–water partition coefficient (Wildman–Crippen LogP) is 5.05. The first kappa shape index (κ1) is 23.8. The van der Waals surface area contributed by atoms with Crippen LogP contribution >= 0.6 is 0 Å². The molecule has 1 atom stereocenters. The van der Waals surface area contributed by atoms with Crippen LogP contribution in [0.25, 0.3) is 10.9 Å². The van der Waals surface area contributed by atoms with Gasteiger partial charge in [-0.15, -0.1) is 0 Å². The standard InChI is InChI=1S/C25H34N2O5/c1-3-4-5-6-7-8-9-10-11-12-15-27-16(2)20(26)19-18(27)14-13-17-21(28)22(29)24(25(30)31)32-23(17)19/h13-14,24H,3-12,15,26H2,1-2H3,(H,30,31). The SMILES string of the molecule is CCCCCCCCCCCCn1c(C)c(N)c2c3c(ccc21)C(=O)C(=O)C(C(=O)O)O3. The van der Waals surface area contributed by atoms with Crippen molar-refractivity contribution in [3.05, 3.63) is 23.4 Å². The number of rotatable bonds is 12. The molecule has 1 aromatic carbocycles. The molecule has 7 heteroatoms. The molecular formula is C25H34N2O5. The number of nitrogens with zero attached hydrogens (tertiary/aromatic N) is 1. The predicted molar refractivity (Wildman–Crippen MR) is 124 cm³/mol. The van der Waals surface area contributed by atoms with Crippen LogP contribution in [0.1, 0.15) is 87.2 Å². The number of nitrogen functional groups attached to an aromatic ring is 1. The number of ketones is 2. The lowest BCUT2D eigenvalue weighted by molar-refractivity contribution is -0.149. The Kier molecular flexibility index (Phi) is 7.94. The van der Waals surface area contributed by atoms with E-state index in [1.165, 1.54) is 57.4 Å². The number of anilines is 1. The molecule has 0 spiro atoms. The Labute approximate surface area is 188 Å².